The summed E-state index contributed by atoms with van der Waals surface area (Å²) in [6.45, 7) is 1.66. The van der Waals surface area contributed by atoms with Gasteiger partial charge in [-0.2, -0.15) is 15.4 Å². The van der Waals surface area contributed by atoms with Crippen LogP contribution in [0.15, 0.2) is 18.3 Å². The molecular formula is C9H7ClFN3. The van der Waals surface area contributed by atoms with Crippen molar-refractivity contribution in [3.8, 4) is 11.3 Å². The molecule has 0 bridgehead atoms. The molecule has 0 fully saturated rings. The van der Waals surface area contributed by atoms with Crippen molar-refractivity contribution < 1.29 is 4.39 Å². The second-order valence-electron chi connectivity index (χ2n) is 2.89. The first-order valence-corrected chi connectivity index (χ1v) is 4.38. The summed E-state index contributed by atoms with van der Waals surface area (Å²) in [5, 5.41) is 10.1. The molecule has 0 amide bonds. The maximum atomic E-state index is 13.4. The van der Waals surface area contributed by atoms with E-state index < -0.39 is 5.82 Å². The molecule has 1 aromatic carbocycles. The van der Waals surface area contributed by atoms with E-state index in [4.69, 9.17) is 11.6 Å². The van der Waals surface area contributed by atoms with Crippen LogP contribution < -0.4 is 0 Å². The van der Waals surface area contributed by atoms with E-state index in [0.717, 1.165) is 0 Å². The van der Waals surface area contributed by atoms with Crippen molar-refractivity contribution in [1.82, 2.24) is 15.4 Å². The molecule has 0 atom stereocenters. The van der Waals surface area contributed by atoms with E-state index in [-0.39, 0.29) is 5.02 Å². The van der Waals surface area contributed by atoms with E-state index >= 15 is 0 Å². The average molecular weight is 212 g/mol. The molecule has 0 saturated heterocycles. The predicted octanol–water partition coefficient (Wildman–Crippen LogP) is 2.57. The topological polar surface area (TPSA) is 41.6 Å². The van der Waals surface area contributed by atoms with Crippen molar-refractivity contribution in [3.63, 3.8) is 0 Å². The number of rotatable bonds is 1. The molecule has 0 saturated carbocycles. The fourth-order valence-corrected chi connectivity index (χ4v) is 1.47. The number of aromatic nitrogens is 3. The first kappa shape index (κ1) is 9.15. The molecule has 0 aliphatic carbocycles. The number of nitrogens with zero attached hydrogens (tertiary/aromatic N) is 2. The maximum Gasteiger partial charge on any atom is 0.145 e. The molecule has 2 aromatic rings. The van der Waals surface area contributed by atoms with Gasteiger partial charge < -0.3 is 0 Å². The second kappa shape index (κ2) is 3.38. The predicted molar refractivity (Wildman–Crippen MR) is 51.5 cm³/mol. The van der Waals surface area contributed by atoms with Crippen molar-refractivity contribution in [3.05, 3.63) is 34.7 Å². The summed E-state index contributed by atoms with van der Waals surface area (Å²) in [6, 6.07) is 3.23. The minimum Gasteiger partial charge on any atom is -0.205 e. The molecule has 0 spiro atoms. The molecule has 3 nitrogen and oxygen atoms in total. The SMILES string of the molecule is Cc1c(-c2cn[nH]n2)ccc(Cl)c1F. The Kier molecular flexibility index (Phi) is 2.21. The zero-order valence-corrected chi connectivity index (χ0v) is 8.14. The van der Waals surface area contributed by atoms with E-state index in [9.17, 15) is 4.39 Å². The Balaban J connectivity index is 2.61. The van der Waals surface area contributed by atoms with Crippen molar-refractivity contribution >= 4 is 11.6 Å². The van der Waals surface area contributed by atoms with Crippen LogP contribution in [0, 0.1) is 12.7 Å². The van der Waals surface area contributed by atoms with E-state index in [0.29, 0.717) is 16.8 Å². The van der Waals surface area contributed by atoms with Crippen molar-refractivity contribution in [2.45, 2.75) is 6.92 Å². The zero-order valence-electron chi connectivity index (χ0n) is 7.38. The smallest absolute Gasteiger partial charge is 0.145 e. The summed E-state index contributed by atoms with van der Waals surface area (Å²) in [5.41, 5.74) is 1.78. The average Bonchev–Trinajstić information content (AvgIpc) is 2.67. The lowest BCUT2D eigenvalue weighted by Crippen LogP contribution is -1.89. The van der Waals surface area contributed by atoms with Gasteiger partial charge in [-0.05, 0) is 18.6 Å². The van der Waals surface area contributed by atoms with Gasteiger partial charge in [0.1, 0.15) is 11.5 Å². The number of H-pyrrole nitrogens is 1. The number of aromatic amines is 1. The van der Waals surface area contributed by atoms with E-state index in [1.807, 2.05) is 0 Å². The molecular weight excluding hydrogens is 205 g/mol. The van der Waals surface area contributed by atoms with Crippen LogP contribution in [0.1, 0.15) is 5.56 Å². The van der Waals surface area contributed by atoms with Crippen molar-refractivity contribution in [2.75, 3.05) is 0 Å². The summed E-state index contributed by atoms with van der Waals surface area (Å²) in [5.74, 6) is -0.410. The van der Waals surface area contributed by atoms with Crippen LogP contribution in [0.3, 0.4) is 0 Å². The first-order valence-electron chi connectivity index (χ1n) is 4.01. The van der Waals surface area contributed by atoms with Crippen LogP contribution >= 0.6 is 11.6 Å². The number of hydrogen-bond donors (Lipinski definition) is 1. The molecule has 5 heteroatoms. The number of hydrogen-bond acceptors (Lipinski definition) is 2. The van der Waals surface area contributed by atoms with Gasteiger partial charge in [-0.25, -0.2) is 4.39 Å². The molecule has 72 valence electrons. The number of benzene rings is 1. The Morgan fingerprint density at radius 3 is 2.86 bits per heavy atom. The first-order chi connectivity index (χ1) is 6.70. The highest BCUT2D eigenvalue weighted by Crippen LogP contribution is 2.27. The van der Waals surface area contributed by atoms with Crippen LogP contribution in [0.5, 0.6) is 0 Å². The Morgan fingerprint density at radius 1 is 1.43 bits per heavy atom. The van der Waals surface area contributed by atoms with Gasteiger partial charge in [0.2, 0.25) is 0 Å². The molecule has 0 radical (unpaired) electrons. The monoisotopic (exact) mass is 211 g/mol. The van der Waals surface area contributed by atoms with Crippen LogP contribution in [-0.4, -0.2) is 15.4 Å². The quantitative estimate of drug-likeness (QED) is 0.788. The van der Waals surface area contributed by atoms with Crippen LogP contribution in [0.2, 0.25) is 5.02 Å². The minimum atomic E-state index is -0.410. The van der Waals surface area contributed by atoms with Gasteiger partial charge in [-0.3, -0.25) is 0 Å². The lowest BCUT2D eigenvalue weighted by Gasteiger charge is -2.04. The van der Waals surface area contributed by atoms with E-state index in [1.165, 1.54) is 12.3 Å². The van der Waals surface area contributed by atoms with Crippen molar-refractivity contribution in [1.29, 1.82) is 0 Å². The second-order valence-corrected chi connectivity index (χ2v) is 3.30. The van der Waals surface area contributed by atoms with Gasteiger partial charge in [-0.1, -0.05) is 17.7 Å². The summed E-state index contributed by atoms with van der Waals surface area (Å²) in [6.07, 6.45) is 1.54. The standard InChI is InChI=1S/C9H7ClFN3/c1-5-6(8-4-12-14-13-8)2-3-7(10)9(5)11/h2-4H,1H3,(H,12,13,14). The van der Waals surface area contributed by atoms with E-state index in [1.54, 1.807) is 13.0 Å². The Labute approximate surface area is 84.9 Å². The fraction of sp³-hybridized carbons (Fsp3) is 0.111. The van der Waals surface area contributed by atoms with Crippen LogP contribution in [0.4, 0.5) is 4.39 Å². The largest absolute Gasteiger partial charge is 0.205 e. The molecule has 1 heterocycles. The normalized spacial score (nSPS) is 10.5. The maximum absolute atomic E-state index is 13.4. The van der Waals surface area contributed by atoms with Gasteiger partial charge in [-0.15, -0.1) is 0 Å². The van der Waals surface area contributed by atoms with Gasteiger partial charge >= 0.3 is 0 Å². The summed E-state index contributed by atoms with van der Waals surface area (Å²) in [7, 11) is 0. The van der Waals surface area contributed by atoms with Crippen molar-refractivity contribution in [2.24, 2.45) is 0 Å². The summed E-state index contributed by atoms with van der Waals surface area (Å²) in [4.78, 5) is 0. The zero-order chi connectivity index (χ0) is 10.1. The Morgan fingerprint density at radius 2 is 2.21 bits per heavy atom. The third-order valence-electron chi connectivity index (χ3n) is 2.03. The molecule has 0 unspecified atom stereocenters. The van der Waals surface area contributed by atoms with Gasteiger partial charge in [0.05, 0.1) is 11.2 Å². The molecule has 0 aliphatic rings. The highest BCUT2D eigenvalue weighted by molar-refractivity contribution is 6.30. The lowest BCUT2D eigenvalue weighted by atomic mass is 10.1. The van der Waals surface area contributed by atoms with Gasteiger partial charge in [0, 0.05) is 5.56 Å². The molecule has 14 heavy (non-hydrogen) atoms. The van der Waals surface area contributed by atoms with E-state index in [2.05, 4.69) is 15.4 Å². The third kappa shape index (κ3) is 1.37. The highest BCUT2D eigenvalue weighted by Gasteiger charge is 2.11. The Bertz CT molecular complexity index is 453. The fourth-order valence-electron chi connectivity index (χ4n) is 1.26. The Hall–Kier alpha value is -1.42. The molecule has 2 rings (SSSR count). The number of nitrogens with one attached hydrogen (secondary N) is 1. The molecule has 1 N–H and O–H groups in total. The van der Waals surface area contributed by atoms with Crippen LogP contribution in [-0.2, 0) is 0 Å². The summed E-state index contributed by atoms with van der Waals surface area (Å²) < 4.78 is 13.4. The molecule has 0 aliphatic heterocycles. The lowest BCUT2D eigenvalue weighted by molar-refractivity contribution is 0.619. The third-order valence-corrected chi connectivity index (χ3v) is 2.32. The van der Waals surface area contributed by atoms with Crippen LogP contribution in [0.25, 0.3) is 11.3 Å². The van der Waals surface area contributed by atoms with Gasteiger partial charge in [0.25, 0.3) is 0 Å². The minimum absolute atomic E-state index is 0.120. The molecule has 1 aromatic heterocycles. The van der Waals surface area contributed by atoms with Gasteiger partial charge in [0.15, 0.2) is 0 Å². The highest BCUT2D eigenvalue weighted by atomic mass is 35.5. The number of halogens is 2. The summed E-state index contributed by atoms with van der Waals surface area (Å²) >= 11 is 5.63.